The first-order valence-corrected chi connectivity index (χ1v) is 5.30. The first-order valence-electron chi connectivity index (χ1n) is 5.30. The van der Waals surface area contributed by atoms with Crippen molar-refractivity contribution in [2.45, 2.75) is 19.0 Å². The van der Waals surface area contributed by atoms with Gasteiger partial charge in [-0.1, -0.05) is 0 Å². The quantitative estimate of drug-likeness (QED) is 0.819. The van der Waals surface area contributed by atoms with Crippen molar-refractivity contribution in [3.8, 4) is 5.75 Å². The fraction of sp³-hybridized carbons (Fsp3) is 0.417. The largest absolute Gasteiger partial charge is 0.497 e. The zero-order valence-corrected chi connectivity index (χ0v) is 10.0. The molecule has 1 aromatic rings. The van der Waals surface area contributed by atoms with Gasteiger partial charge in [-0.25, -0.2) is 4.79 Å². The van der Waals surface area contributed by atoms with Crippen molar-refractivity contribution in [1.29, 1.82) is 0 Å². The van der Waals surface area contributed by atoms with E-state index in [9.17, 15) is 18.7 Å². The Morgan fingerprint density at radius 3 is 2.39 bits per heavy atom. The molecule has 1 N–H and O–H groups in total. The molecule has 0 radical (unpaired) electrons. The topological polar surface area (TPSA) is 55.8 Å². The van der Waals surface area contributed by atoms with E-state index in [4.69, 9.17) is 4.74 Å². The zero-order valence-electron chi connectivity index (χ0n) is 10.0. The molecule has 0 aliphatic rings. The Morgan fingerprint density at radius 2 is 1.94 bits per heavy atom. The zero-order chi connectivity index (χ0) is 13.8. The molecule has 1 atom stereocenters. The molecule has 6 heteroatoms. The van der Waals surface area contributed by atoms with Gasteiger partial charge in [0.1, 0.15) is 5.75 Å². The van der Waals surface area contributed by atoms with Crippen molar-refractivity contribution >= 4 is 5.97 Å². The van der Waals surface area contributed by atoms with Crippen LogP contribution in [0.1, 0.15) is 12.5 Å². The molecule has 0 aliphatic heterocycles. The number of alkyl halides is 2. The van der Waals surface area contributed by atoms with Gasteiger partial charge in [0.05, 0.1) is 13.7 Å². The Bertz CT molecular complexity index is 403. The summed E-state index contributed by atoms with van der Waals surface area (Å²) < 4.78 is 36.7. The van der Waals surface area contributed by atoms with Crippen LogP contribution in [0.15, 0.2) is 24.3 Å². The maximum Gasteiger partial charge on any atom is 0.341 e. The highest BCUT2D eigenvalue weighted by Crippen LogP contribution is 2.33. The van der Waals surface area contributed by atoms with Crippen LogP contribution in [0.5, 0.6) is 5.75 Å². The standard InChI is InChI=1S/C12H14F2O4/c1-3-18-11(16)10(15)12(13,14)8-4-6-9(17-2)7-5-8/h4-7,10,15H,3H2,1-2H3/t10-/m1/s1. The molecular weight excluding hydrogens is 246 g/mol. The van der Waals surface area contributed by atoms with Gasteiger partial charge < -0.3 is 14.6 Å². The summed E-state index contributed by atoms with van der Waals surface area (Å²) in [6.07, 6.45) is -2.52. The number of methoxy groups -OCH3 is 1. The fourth-order valence-electron chi connectivity index (χ4n) is 1.34. The number of hydrogen-bond acceptors (Lipinski definition) is 4. The Morgan fingerprint density at radius 1 is 1.39 bits per heavy atom. The van der Waals surface area contributed by atoms with Crippen LogP contribution in [0.25, 0.3) is 0 Å². The number of benzene rings is 1. The number of ether oxygens (including phenoxy) is 2. The fourth-order valence-corrected chi connectivity index (χ4v) is 1.34. The molecule has 0 saturated heterocycles. The highest BCUT2D eigenvalue weighted by atomic mass is 19.3. The first kappa shape index (κ1) is 14.4. The molecule has 0 bridgehead atoms. The van der Waals surface area contributed by atoms with Crippen molar-refractivity contribution in [2.75, 3.05) is 13.7 Å². The van der Waals surface area contributed by atoms with Crippen LogP contribution in [0.4, 0.5) is 8.78 Å². The molecule has 0 unspecified atom stereocenters. The molecule has 0 spiro atoms. The predicted molar refractivity (Wildman–Crippen MR) is 59.5 cm³/mol. The lowest BCUT2D eigenvalue weighted by Gasteiger charge is -2.21. The average Bonchev–Trinajstić information content (AvgIpc) is 2.38. The highest BCUT2D eigenvalue weighted by molar-refractivity contribution is 5.76. The number of aliphatic hydroxyl groups is 1. The summed E-state index contributed by atoms with van der Waals surface area (Å²) in [5.41, 5.74) is -0.483. The molecule has 0 heterocycles. The van der Waals surface area contributed by atoms with Crippen molar-refractivity contribution < 1.29 is 28.2 Å². The number of carbonyl (C=O) groups is 1. The van der Waals surface area contributed by atoms with E-state index in [-0.39, 0.29) is 6.61 Å². The maximum atomic E-state index is 13.8. The van der Waals surface area contributed by atoms with Gasteiger partial charge in [0.2, 0.25) is 6.10 Å². The molecular formula is C12H14F2O4. The van der Waals surface area contributed by atoms with Gasteiger partial charge in [0.25, 0.3) is 0 Å². The molecule has 0 saturated carbocycles. The predicted octanol–water partition coefficient (Wildman–Crippen LogP) is 1.71. The van der Waals surface area contributed by atoms with Crippen molar-refractivity contribution in [3.63, 3.8) is 0 Å². The summed E-state index contributed by atoms with van der Waals surface area (Å²) in [5, 5.41) is 9.30. The molecule has 0 aromatic heterocycles. The molecule has 4 nitrogen and oxygen atoms in total. The van der Waals surface area contributed by atoms with E-state index in [0.717, 1.165) is 12.1 Å². The molecule has 0 amide bonds. The number of halogens is 2. The summed E-state index contributed by atoms with van der Waals surface area (Å²) in [7, 11) is 1.40. The van der Waals surface area contributed by atoms with Crippen molar-refractivity contribution in [2.24, 2.45) is 0 Å². The maximum absolute atomic E-state index is 13.8. The Hall–Kier alpha value is -1.69. The van der Waals surface area contributed by atoms with Gasteiger partial charge in [0.15, 0.2) is 0 Å². The second kappa shape index (κ2) is 5.77. The minimum Gasteiger partial charge on any atom is -0.497 e. The summed E-state index contributed by atoms with van der Waals surface area (Å²) >= 11 is 0. The van der Waals surface area contributed by atoms with E-state index in [1.807, 2.05) is 0 Å². The van der Waals surface area contributed by atoms with Gasteiger partial charge in [-0.3, -0.25) is 0 Å². The molecule has 1 rings (SSSR count). The SMILES string of the molecule is CCOC(=O)[C@@H](O)C(F)(F)c1ccc(OC)cc1. The number of aliphatic hydroxyl groups excluding tert-OH is 1. The number of rotatable bonds is 5. The Balaban J connectivity index is 2.93. The summed E-state index contributed by atoms with van der Waals surface area (Å²) in [5.74, 6) is -4.66. The van der Waals surface area contributed by atoms with Gasteiger partial charge in [0, 0.05) is 5.56 Å². The Kier molecular flexibility index (Phi) is 4.61. The van der Waals surface area contributed by atoms with Crippen LogP contribution < -0.4 is 4.74 Å². The highest BCUT2D eigenvalue weighted by Gasteiger charge is 2.45. The van der Waals surface area contributed by atoms with Gasteiger partial charge in [-0.2, -0.15) is 8.78 Å². The van der Waals surface area contributed by atoms with E-state index >= 15 is 0 Å². The lowest BCUT2D eigenvalue weighted by Crippen LogP contribution is -2.39. The van der Waals surface area contributed by atoms with Crippen LogP contribution in [-0.4, -0.2) is 30.9 Å². The second-order valence-corrected chi connectivity index (χ2v) is 3.51. The molecule has 1 aromatic carbocycles. The van der Waals surface area contributed by atoms with E-state index in [1.165, 1.54) is 26.2 Å². The summed E-state index contributed by atoms with van der Waals surface area (Å²) in [6.45, 7) is 1.39. The van der Waals surface area contributed by atoms with Crippen LogP contribution in [0, 0.1) is 0 Å². The Labute approximate surface area is 103 Å². The normalized spacial score (nSPS) is 12.9. The molecule has 0 fully saturated rings. The minimum atomic E-state index is -3.71. The van der Waals surface area contributed by atoms with Crippen LogP contribution >= 0.6 is 0 Å². The molecule has 100 valence electrons. The van der Waals surface area contributed by atoms with E-state index in [0.29, 0.717) is 5.75 Å². The van der Waals surface area contributed by atoms with E-state index in [1.54, 1.807) is 0 Å². The van der Waals surface area contributed by atoms with Crippen LogP contribution in [0.2, 0.25) is 0 Å². The van der Waals surface area contributed by atoms with Crippen molar-refractivity contribution in [1.82, 2.24) is 0 Å². The average molecular weight is 260 g/mol. The number of hydrogen-bond donors (Lipinski definition) is 1. The lowest BCUT2D eigenvalue weighted by molar-refractivity contribution is -0.178. The molecule has 0 aliphatic carbocycles. The third-order valence-electron chi connectivity index (χ3n) is 2.33. The van der Waals surface area contributed by atoms with Gasteiger partial charge in [-0.15, -0.1) is 0 Å². The summed E-state index contributed by atoms with van der Waals surface area (Å²) in [6, 6.07) is 4.81. The third kappa shape index (κ3) is 2.95. The monoisotopic (exact) mass is 260 g/mol. The van der Waals surface area contributed by atoms with E-state index < -0.39 is 23.6 Å². The third-order valence-corrected chi connectivity index (χ3v) is 2.33. The van der Waals surface area contributed by atoms with Gasteiger partial charge in [-0.05, 0) is 31.2 Å². The van der Waals surface area contributed by atoms with Crippen LogP contribution in [0.3, 0.4) is 0 Å². The van der Waals surface area contributed by atoms with Crippen molar-refractivity contribution in [3.05, 3.63) is 29.8 Å². The summed E-state index contributed by atoms with van der Waals surface area (Å²) in [4.78, 5) is 11.1. The number of esters is 1. The van der Waals surface area contributed by atoms with E-state index in [2.05, 4.69) is 4.74 Å². The lowest BCUT2D eigenvalue weighted by atomic mass is 10.0. The van der Waals surface area contributed by atoms with Crippen LogP contribution in [-0.2, 0) is 15.5 Å². The number of carbonyl (C=O) groups excluding carboxylic acids is 1. The second-order valence-electron chi connectivity index (χ2n) is 3.51. The molecule has 18 heavy (non-hydrogen) atoms. The van der Waals surface area contributed by atoms with Gasteiger partial charge >= 0.3 is 11.9 Å². The first-order chi connectivity index (χ1) is 8.43. The minimum absolute atomic E-state index is 0.0748. The smallest absolute Gasteiger partial charge is 0.341 e.